The average Bonchev–Trinajstić information content (AvgIpc) is 2.88. The molecular weight excluding hydrogens is 348 g/mol. The number of hydrogen-bond acceptors (Lipinski definition) is 2. The summed E-state index contributed by atoms with van der Waals surface area (Å²) in [4.78, 5) is 4.98. The number of hydrogen-bond donors (Lipinski definition) is 0. The highest BCUT2D eigenvalue weighted by molar-refractivity contribution is 9.10. The van der Waals surface area contributed by atoms with Gasteiger partial charge in [-0.05, 0) is 36.2 Å². The van der Waals surface area contributed by atoms with Crippen molar-refractivity contribution < 1.29 is 0 Å². The molecule has 2 aromatic rings. The van der Waals surface area contributed by atoms with E-state index in [9.17, 15) is 0 Å². The van der Waals surface area contributed by atoms with Gasteiger partial charge in [0, 0.05) is 17.6 Å². The molecule has 0 saturated heterocycles. The second kappa shape index (κ2) is 7.22. The first-order valence-electron chi connectivity index (χ1n) is 8.25. The molecule has 2 nitrogen and oxygen atoms in total. The fourth-order valence-electron chi connectivity index (χ4n) is 3.28. The molecule has 1 aliphatic heterocycles. The van der Waals surface area contributed by atoms with Gasteiger partial charge in [0.1, 0.15) is 6.17 Å². The van der Waals surface area contributed by atoms with Crippen LogP contribution >= 0.6 is 15.9 Å². The number of benzene rings is 2. The van der Waals surface area contributed by atoms with Gasteiger partial charge in [-0.3, -0.25) is 0 Å². The lowest BCUT2D eigenvalue weighted by atomic mass is 10.1. The standard InChI is InChI=1S/C20H23BrN2/c1-3-5-15-23-19-9-7-6-8-18(19)22(14-4-2)20(23)16-10-12-17(21)13-11-16/h4,6-13,20H,2-3,5,14-15H2,1H3. The van der Waals surface area contributed by atoms with Crippen LogP contribution in [0.3, 0.4) is 0 Å². The molecule has 120 valence electrons. The third-order valence-corrected chi connectivity index (χ3v) is 4.87. The van der Waals surface area contributed by atoms with Crippen molar-refractivity contribution in [3.8, 4) is 0 Å². The summed E-state index contributed by atoms with van der Waals surface area (Å²) in [6.07, 6.45) is 4.63. The quantitative estimate of drug-likeness (QED) is 0.596. The molecule has 0 fully saturated rings. The van der Waals surface area contributed by atoms with E-state index < -0.39 is 0 Å². The van der Waals surface area contributed by atoms with Crippen LogP contribution in [0.2, 0.25) is 0 Å². The Balaban J connectivity index is 2.05. The first-order valence-corrected chi connectivity index (χ1v) is 9.04. The Morgan fingerprint density at radius 1 is 1.04 bits per heavy atom. The van der Waals surface area contributed by atoms with Crippen molar-refractivity contribution in [3.63, 3.8) is 0 Å². The highest BCUT2D eigenvalue weighted by Crippen LogP contribution is 2.46. The molecule has 0 amide bonds. The maximum Gasteiger partial charge on any atom is 0.128 e. The summed E-state index contributed by atoms with van der Waals surface area (Å²) in [6.45, 7) is 8.13. The Labute approximate surface area is 147 Å². The lowest BCUT2D eigenvalue weighted by molar-refractivity contribution is 0.606. The number of unbranched alkanes of at least 4 members (excludes halogenated alkanes) is 1. The van der Waals surface area contributed by atoms with Crippen molar-refractivity contribution in [2.24, 2.45) is 0 Å². The van der Waals surface area contributed by atoms with E-state index >= 15 is 0 Å². The van der Waals surface area contributed by atoms with Crippen molar-refractivity contribution in [1.82, 2.24) is 0 Å². The Morgan fingerprint density at radius 3 is 2.30 bits per heavy atom. The van der Waals surface area contributed by atoms with Crippen LogP contribution in [0.15, 0.2) is 65.7 Å². The van der Waals surface area contributed by atoms with E-state index in [1.54, 1.807) is 0 Å². The number of nitrogens with zero attached hydrogens (tertiary/aromatic N) is 2. The minimum absolute atomic E-state index is 0.241. The van der Waals surface area contributed by atoms with E-state index in [0.29, 0.717) is 0 Å². The van der Waals surface area contributed by atoms with Gasteiger partial charge in [-0.15, -0.1) is 6.58 Å². The Kier molecular flexibility index (Phi) is 5.06. The van der Waals surface area contributed by atoms with Gasteiger partial charge < -0.3 is 9.80 Å². The summed E-state index contributed by atoms with van der Waals surface area (Å²) < 4.78 is 1.12. The molecule has 1 unspecified atom stereocenters. The number of fused-ring (bicyclic) bond motifs is 1. The van der Waals surface area contributed by atoms with Gasteiger partial charge in [-0.2, -0.15) is 0 Å². The summed E-state index contributed by atoms with van der Waals surface area (Å²) in [6, 6.07) is 17.4. The zero-order valence-corrected chi connectivity index (χ0v) is 15.2. The lowest BCUT2D eigenvalue weighted by Crippen LogP contribution is -2.36. The molecule has 0 saturated carbocycles. The van der Waals surface area contributed by atoms with Crippen molar-refractivity contribution >= 4 is 27.3 Å². The summed E-state index contributed by atoms with van der Waals surface area (Å²) in [5.41, 5.74) is 3.95. The fourth-order valence-corrected chi connectivity index (χ4v) is 3.55. The first-order chi connectivity index (χ1) is 11.3. The lowest BCUT2D eigenvalue weighted by Gasteiger charge is -2.33. The maximum absolute atomic E-state index is 3.96. The first kappa shape index (κ1) is 16.1. The minimum Gasteiger partial charge on any atom is -0.346 e. The van der Waals surface area contributed by atoms with Gasteiger partial charge >= 0.3 is 0 Å². The molecular formula is C20H23BrN2. The molecule has 1 aliphatic rings. The monoisotopic (exact) mass is 370 g/mol. The minimum atomic E-state index is 0.241. The van der Waals surface area contributed by atoms with Gasteiger partial charge in [0.2, 0.25) is 0 Å². The second-order valence-corrected chi connectivity index (χ2v) is 6.82. The smallest absolute Gasteiger partial charge is 0.128 e. The zero-order chi connectivity index (χ0) is 16.2. The Hall–Kier alpha value is -1.74. The molecule has 23 heavy (non-hydrogen) atoms. The van der Waals surface area contributed by atoms with Crippen LogP contribution in [0.1, 0.15) is 31.5 Å². The molecule has 1 heterocycles. The summed E-state index contributed by atoms with van der Waals surface area (Å²) in [5.74, 6) is 0. The molecule has 0 spiro atoms. The number of rotatable bonds is 6. The fraction of sp³-hybridized carbons (Fsp3) is 0.300. The normalized spacial score (nSPS) is 16.5. The van der Waals surface area contributed by atoms with Gasteiger partial charge in [0.25, 0.3) is 0 Å². The zero-order valence-electron chi connectivity index (χ0n) is 13.6. The van der Waals surface area contributed by atoms with E-state index in [0.717, 1.165) is 17.6 Å². The van der Waals surface area contributed by atoms with Crippen LogP contribution < -0.4 is 9.80 Å². The molecule has 0 aliphatic carbocycles. The molecule has 0 radical (unpaired) electrons. The maximum atomic E-state index is 3.96. The SMILES string of the molecule is C=CCN1c2ccccc2N(CCCC)C1c1ccc(Br)cc1. The van der Waals surface area contributed by atoms with Crippen LogP contribution in [0.5, 0.6) is 0 Å². The highest BCUT2D eigenvalue weighted by atomic mass is 79.9. The van der Waals surface area contributed by atoms with Gasteiger partial charge in [-0.25, -0.2) is 0 Å². The van der Waals surface area contributed by atoms with Crippen molar-refractivity contribution in [3.05, 3.63) is 71.2 Å². The molecule has 0 N–H and O–H groups in total. The Bertz CT molecular complexity index is 666. The van der Waals surface area contributed by atoms with Crippen molar-refractivity contribution in [2.45, 2.75) is 25.9 Å². The van der Waals surface area contributed by atoms with E-state index in [2.05, 4.69) is 87.8 Å². The third kappa shape index (κ3) is 3.16. The highest BCUT2D eigenvalue weighted by Gasteiger charge is 2.35. The molecule has 2 aromatic carbocycles. The van der Waals surface area contributed by atoms with Crippen LogP contribution in [0.4, 0.5) is 11.4 Å². The topological polar surface area (TPSA) is 6.48 Å². The summed E-state index contributed by atoms with van der Waals surface area (Å²) in [7, 11) is 0. The molecule has 1 atom stereocenters. The Morgan fingerprint density at radius 2 is 1.70 bits per heavy atom. The molecule has 0 bridgehead atoms. The number of halogens is 1. The van der Waals surface area contributed by atoms with Crippen LogP contribution in [0.25, 0.3) is 0 Å². The van der Waals surface area contributed by atoms with Gasteiger partial charge in [0.05, 0.1) is 11.4 Å². The molecule has 0 aromatic heterocycles. The second-order valence-electron chi connectivity index (χ2n) is 5.90. The van der Waals surface area contributed by atoms with Crippen LogP contribution in [0, 0.1) is 0 Å². The van der Waals surface area contributed by atoms with E-state index in [1.165, 1.54) is 29.8 Å². The largest absolute Gasteiger partial charge is 0.346 e. The van der Waals surface area contributed by atoms with Crippen LogP contribution in [-0.2, 0) is 0 Å². The molecule has 3 heteroatoms. The third-order valence-electron chi connectivity index (χ3n) is 4.34. The van der Waals surface area contributed by atoms with Gasteiger partial charge in [0.15, 0.2) is 0 Å². The predicted octanol–water partition coefficient (Wildman–Crippen LogP) is 5.76. The number of anilines is 2. The van der Waals surface area contributed by atoms with E-state index in [4.69, 9.17) is 0 Å². The van der Waals surface area contributed by atoms with Crippen LogP contribution in [-0.4, -0.2) is 13.1 Å². The van der Waals surface area contributed by atoms with E-state index in [-0.39, 0.29) is 6.17 Å². The number of para-hydroxylation sites is 2. The summed E-state index contributed by atoms with van der Waals surface area (Å²) >= 11 is 3.54. The van der Waals surface area contributed by atoms with Crippen molar-refractivity contribution in [2.75, 3.05) is 22.9 Å². The summed E-state index contributed by atoms with van der Waals surface area (Å²) in [5, 5.41) is 0. The van der Waals surface area contributed by atoms with Crippen molar-refractivity contribution in [1.29, 1.82) is 0 Å². The van der Waals surface area contributed by atoms with Gasteiger partial charge in [-0.1, -0.05) is 59.6 Å². The average molecular weight is 371 g/mol. The van der Waals surface area contributed by atoms with E-state index in [1.807, 2.05) is 6.08 Å². The predicted molar refractivity (Wildman–Crippen MR) is 103 cm³/mol. The molecule has 3 rings (SSSR count).